The molecule has 0 aromatic carbocycles. The smallest absolute Gasteiger partial charge is 0.216 e. The number of nitrogens with two attached hydrogens (primary N) is 1. The van der Waals surface area contributed by atoms with Gasteiger partial charge in [-0.1, -0.05) is 54.4 Å². The summed E-state index contributed by atoms with van der Waals surface area (Å²) in [4.78, 5) is 21.6. The number of hydrogen-bond acceptors (Lipinski definition) is 5. The lowest BCUT2D eigenvalue weighted by Crippen LogP contribution is -2.84. The van der Waals surface area contributed by atoms with E-state index in [4.69, 9.17) is 0 Å². The summed E-state index contributed by atoms with van der Waals surface area (Å²) in [5.74, 6) is 0.367. The number of Topliss-reactive ketones (excluding diaryl/α,β-unsaturated/α-hetero) is 1. The maximum absolute atomic E-state index is 10.9. The Labute approximate surface area is 252 Å². The van der Waals surface area contributed by atoms with Crippen LogP contribution in [0.25, 0.3) is 0 Å². The lowest BCUT2D eigenvalue weighted by atomic mass is 10.2. The van der Waals surface area contributed by atoms with Gasteiger partial charge in [0.05, 0.1) is 13.1 Å². The minimum Gasteiger partial charge on any atom is -0.356 e. The first-order valence-corrected chi connectivity index (χ1v) is 17.3. The quantitative estimate of drug-likeness (QED) is 0.0786. The van der Waals surface area contributed by atoms with Crippen LogP contribution in [0.15, 0.2) is 0 Å². The van der Waals surface area contributed by atoms with E-state index >= 15 is 0 Å². The molecule has 0 aromatic rings. The van der Waals surface area contributed by atoms with Gasteiger partial charge in [-0.3, -0.25) is 4.79 Å². The molecule has 0 aromatic heterocycles. The average Bonchev–Trinajstić information content (AvgIpc) is 2.97. The summed E-state index contributed by atoms with van der Waals surface area (Å²) >= 11 is 0. The molecule has 0 unspecified atom stereocenters. The minimum atomic E-state index is 0.0738. The third-order valence-electron chi connectivity index (χ3n) is 6.02. The van der Waals surface area contributed by atoms with Crippen molar-refractivity contribution < 1.29 is 14.9 Å². The summed E-state index contributed by atoms with van der Waals surface area (Å²) in [6.07, 6.45) is 16.8. The van der Waals surface area contributed by atoms with Crippen molar-refractivity contribution in [2.45, 2.75) is 145 Å². The number of amides is 1. The monoisotopic (exact) mass is 575 g/mol. The van der Waals surface area contributed by atoms with Crippen LogP contribution in [0.1, 0.15) is 145 Å². The van der Waals surface area contributed by atoms with Crippen LogP contribution in [-0.2, 0) is 9.59 Å². The highest BCUT2D eigenvalue weighted by atomic mass is 16.1. The number of ketones is 1. The van der Waals surface area contributed by atoms with Gasteiger partial charge in [-0.2, -0.15) is 0 Å². The maximum Gasteiger partial charge on any atom is 0.216 e. The van der Waals surface area contributed by atoms with Crippen LogP contribution in [0.3, 0.4) is 0 Å². The second-order valence-electron chi connectivity index (χ2n) is 9.65. The van der Waals surface area contributed by atoms with Crippen LogP contribution in [0.2, 0.25) is 0 Å². The van der Waals surface area contributed by atoms with Crippen LogP contribution in [0.4, 0.5) is 0 Å². The fraction of sp³-hybridized carbons (Fsp3) is 0.939. The molecule has 0 fully saturated rings. The highest BCUT2D eigenvalue weighted by Crippen LogP contribution is 1.96. The van der Waals surface area contributed by atoms with Gasteiger partial charge < -0.3 is 31.4 Å². The topological polar surface area (TPSA) is 98.9 Å². The molecule has 0 bridgehead atoms. The lowest BCUT2D eigenvalue weighted by molar-refractivity contribution is -0.655. The molecule has 0 radical (unpaired) electrons. The number of nitrogens with one attached hydrogen (secondary N) is 4. The Kier molecular flexibility index (Phi) is 54.9. The summed E-state index contributed by atoms with van der Waals surface area (Å²) in [6, 6.07) is 0. The highest BCUT2D eigenvalue weighted by molar-refractivity contribution is 5.75. The molecule has 244 valence electrons. The first-order chi connectivity index (χ1) is 19.6. The van der Waals surface area contributed by atoms with Gasteiger partial charge in [-0.15, -0.1) is 0 Å². The summed E-state index contributed by atoms with van der Waals surface area (Å²) in [6.45, 7) is 25.2. The van der Waals surface area contributed by atoms with Crippen molar-refractivity contribution in [2.24, 2.45) is 0 Å². The van der Waals surface area contributed by atoms with Crippen molar-refractivity contribution in [2.75, 3.05) is 58.9 Å². The highest BCUT2D eigenvalue weighted by Gasteiger charge is 1.97. The van der Waals surface area contributed by atoms with Gasteiger partial charge in [0.25, 0.3) is 0 Å². The van der Waals surface area contributed by atoms with E-state index in [0.29, 0.717) is 12.2 Å². The second kappa shape index (κ2) is 47.8. The van der Waals surface area contributed by atoms with E-state index in [1.165, 1.54) is 83.7 Å². The minimum absolute atomic E-state index is 0.0738. The van der Waals surface area contributed by atoms with Crippen LogP contribution < -0.4 is 26.6 Å². The normalized spacial score (nSPS) is 9.90. The molecule has 7 heteroatoms. The largest absolute Gasteiger partial charge is 0.356 e. The van der Waals surface area contributed by atoms with Crippen molar-refractivity contribution in [3.8, 4) is 0 Å². The Morgan fingerprint density at radius 1 is 0.450 bits per heavy atom. The maximum atomic E-state index is 10.9. The summed E-state index contributed by atoms with van der Waals surface area (Å²) in [5, 5.41) is 15.9. The van der Waals surface area contributed by atoms with Crippen LogP contribution in [-0.4, -0.2) is 70.6 Å². The average molecular weight is 575 g/mol. The molecular weight excluding hydrogens is 498 g/mol. The van der Waals surface area contributed by atoms with Gasteiger partial charge in [-0.05, 0) is 117 Å². The Morgan fingerprint density at radius 2 is 0.775 bits per heavy atom. The van der Waals surface area contributed by atoms with Crippen molar-refractivity contribution in [3.05, 3.63) is 0 Å². The van der Waals surface area contributed by atoms with Gasteiger partial charge in [0, 0.05) is 19.9 Å². The van der Waals surface area contributed by atoms with Crippen LogP contribution in [0.5, 0.6) is 0 Å². The summed E-state index contributed by atoms with van der Waals surface area (Å²) in [7, 11) is 0. The fourth-order valence-corrected chi connectivity index (χ4v) is 3.91. The molecule has 0 heterocycles. The molecule has 6 N–H and O–H groups in total. The van der Waals surface area contributed by atoms with Crippen molar-refractivity contribution >= 4 is 11.7 Å². The molecule has 0 spiro atoms. The van der Waals surface area contributed by atoms with E-state index in [9.17, 15) is 9.59 Å². The predicted octanol–water partition coefficient (Wildman–Crippen LogP) is 5.58. The van der Waals surface area contributed by atoms with E-state index < -0.39 is 0 Å². The van der Waals surface area contributed by atoms with Crippen LogP contribution in [0, 0.1) is 0 Å². The van der Waals surface area contributed by atoms with E-state index in [0.717, 1.165) is 58.7 Å². The van der Waals surface area contributed by atoms with Gasteiger partial charge in [0.1, 0.15) is 5.78 Å². The molecule has 0 aliphatic carbocycles. The summed E-state index contributed by atoms with van der Waals surface area (Å²) < 4.78 is 0. The molecule has 0 atom stereocenters. The van der Waals surface area contributed by atoms with Crippen molar-refractivity contribution in [1.82, 2.24) is 21.3 Å². The summed E-state index contributed by atoms with van der Waals surface area (Å²) in [5.41, 5.74) is 0. The Hall–Kier alpha value is -1.02. The zero-order chi connectivity index (χ0) is 31.0. The third kappa shape index (κ3) is 53.3. The van der Waals surface area contributed by atoms with Crippen LogP contribution >= 0.6 is 0 Å². The number of quaternary nitrogens is 1. The Balaban J connectivity index is -0.00000100. The van der Waals surface area contributed by atoms with E-state index in [1.54, 1.807) is 13.8 Å². The Morgan fingerprint density at radius 3 is 1.12 bits per heavy atom. The predicted molar refractivity (Wildman–Crippen MR) is 178 cm³/mol. The molecule has 0 saturated heterocycles. The molecule has 0 rings (SSSR count). The first kappa shape index (κ1) is 46.0. The standard InChI is InChI=1S/C27H57N5O2.3C2H6/c1-26(33)16-15-24-31-23-12-5-11-20-29-19-8-3-7-17-28-18-9-4-10-21-30-22-13-6-14-25-32-27(2)34;3*1-2/h28-31H,3-25H2,1-2H3,(H,32,34);3*1-2H3/p+1. The van der Waals surface area contributed by atoms with Crippen molar-refractivity contribution in [1.29, 1.82) is 0 Å². The fourth-order valence-electron chi connectivity index (χ4n) is 3.91. The number of unbranched alkanes of at least 4 members (excludes halogenated alkanes) is 8. The number of carbonyl (C=O) groups is 2. The van der Waals surface area contributed by atoms with Gasteiger partial charge in [0.2, 0.25) is 5.91 Å². The molecule has 0 saturated carbocycles. The third-order valence-corrected chi connectivity index (χ3v) is 6.02. The van der Waals surface area contributed by atoms with Gasteiger partial charge >= 0.3 is 0 Å². The first-order valence-electron chi connectivity index (χ1n) is 17.3. The Bertz CT molecular complexity index is 411. The molecule has 0 aliphatic rings. The van der Waals surface area contributed by atoms with Gasteiger partial charge in [0.15, 0.2) is 0 Å². The molecular formula is C33H76N5O2+. The second-order valence-corrected chi connectivity index (χ2v) is 9.65. The van der Waals surface area contributed by atoms with Gasteiger partial charge in [-0.25, -0.2) is 0 Å². The van der Waals surface area contributed by atoms with E-state index in [-0.39, 0.29) is 5.91 Å². The molecule has 40 heavy (non-hydrogen) atoms. The van der Waals surface area contributed by atoms with E-state index in [2.05, 4.69) is 26.6 Å². The molecule has 0 aliphatic heterocycles. The number of rotatable bonds is 28. The number of hydrogen-bond donors (Lipinski definition) is 5. The molecule has 1 amide bonds. The number of carbonyl (C=O) groups excluding carboxylic acids is 2. The molecule has 7 nitrogen and oxygen atoms in total. The lowest BCUT2D eigenvalue weighted by Gasteiger charge is -2.06. The SMILES string of the molecule is CC.CC.CC.CC(=O)CCCNCCCCCNCCCCC[NH2+]CCCCCNCCCCCNC(C)=O. The zero-order valence-electron chi connectivity index (χ0n) is 28.7. The van der Waals surface area contributed by atoms with Crippen molar-refractivity contribution in [3.63, 3.8) is 0 Å². The zero-order valence-corrected chi connectivity index (χ0v) is 28.7. The van der Waals surface area contributed by atoms with E-state index in [1.807, 2.05) is 41.5 Å².